The van der Waals surface area contributed by atoms with E-state index >= 15 is 0 Å². The third kappa shape index (κ3) is 5.47. The summed E-state index contributed by atoms with van der Waals surface area (Å²) in [7, 11) is 3.75. The number of hydrogen-bond acceptors (Lipinski definition) is 2. The molecule has 0 unspecified atom stereocenters. The highest BCUT2D eigenvalue weighted by Gasteiger charge is 2.01. The smallest absolute Gasteiger partial charge is 0.0930 e. The van der Waals surface area contributed by atoms with Crippen LogP contribution in [0.2, 0.25) is 0 Å². The first kappa shape index (κ1) is 15.1. The number of methoxy groups -OCH3 is 1. The second kappa shape index (κ2) is 7.47. The predicted molar refractivity (Wildman–Crippen MR) is 81.6 cm³/mol. The molecule has 0 heterocycles. The van der Waals surface area contributed by atoms with Crippen LogP contribution in [0.5, 0.6) is 0 Å². The summed E-state index contributed by atoms with van der Waals surface area (Å²) in [4.78, 5) is 2.20. The van der Waals surface area contributed by atoms with Gasteiger partial charge in [-0.05, 0) is 37.1 Å². The van der Waals surface area contributed by atoms with Crippen molar-refractivity contribution in [1.82, 2.24) is 4.90 Å². The zero-order valence-corrected chi connectivity index (χ0v) is 12.3. The summed E-state index contributed by atoms with van der Waals surface area (Å²) >= 11 is 0. The Bertz CT molecular complexity index is 471. The fourth-order valence-corrected chi connectivity index (χ4v) is 1.72. The minimum absolute atomic E-state index is 0.861. The molecule has 0 aliphatic rings. The summed E-state index contributed by atoms with van der Waals surface area (Å²) < 4.78 is 5.12. The summed E-state index contributed by atoms with van der Waals surface area (Å²) in [6, 6.07) is 10.4. The average molecular weight is 257 g/mol. The van der Waals surface area contributed by atoms with Gasteiger partial charge < -0.3 is 9.64 Å². The van der Waals surface area contributed by atoms with Crippen LogP contribution in [-0.2, 0) is 11.3 Å². The van der Waals surface area contributed by atoms with Crippen molar-refractivity contribution in [2.75, 3.05) is 14.2 Å². The van der Waals surface area contributed by atoms with Crippen molar-refractivity contribution in [3.8, 4) is 0 Å². The maximum absolute atomic E-state index is 5.12. The number of rotatable bonds is 6. The number of hydrogen-bond donors (Lipinski definition) is 0. The number of ether oxygens (including phenoxy) is 1. The number of nitrogens with zero attached hydrogens (tertiary/aromatic N) is 1. The third-order valence-electron chi connectivity index (χ3n) is 2.97. The molecule has 0 saturated carbocycles. The van der Waals surface area contributed by atoms with E-state index in [2.05, 4.69) is 55.8 Å². The topological polar surface area (TPSA) is 12.5 Å². The molecule has 0 bridgehead atoms. The van der Waals surface area contributed by atoms with Crippen molar-refractivity contribution in [3.63, 3.8) is 0 Å². The van der Waals surface area contributed by atoms with Gasteiger partial charge in [-0.2, -0.15) is 0 Å². The molecule has 102 valence electrons. The lowest BCUT2D eigenvalue weighted by Gasteiger charge is -2.20. The second-order valence-electron chi connectivity index (χ2n) is 4.66. The molecule has 0 spiro atoms. The molecule has 0 aliphatic carbocycles. The molecule has 0 radical (unpaired) electrons. The number of benzene rings is 1. The van der Waals surface area contributed by atoms with Gasteiger partial charge in [0.2, 0.25) is 0 Å². The van der Waals surface area contributed by atoms with Crippen LogP contribution in [0.15, 0.2) is 66.1 Å². The first-order valence-electron chi connectivity index (χ1n) is 6.37. The van der Waals surface area contributed by atoms with Gasteiger partial charge in [-0.15, -0.1) is 0 Å². The van der Waals surface area contributed by atoms with Gasteiger partial charge in [0.05, 0.1) is 12.9 Å². The molecule has 0 fully saturated rings. The van der Waals surface area contributed by atoms with Gasteiger partial charge in [0, 0.05) is 19.3 Å². The van der Waals surface area contributed by atoms with Crippen LogP contribution in [0.25, 0.3) is 0 Å². The molecule has 1 rings (SSSR count). The Kier molecular flexibility index (Phi) is 5.94. The van der Waals surface area contributed by atoms with E-state index in [1.165, 1.54) is 11.3 Å². The Labute approximate surface area is 116 Å². The maximum Gasteiger partial charge on any atom is 0.0930 e. The SMILES string of the molecule is C=C(C=C(C)OC)C=C(C)N(C)Cc1ccccc1. The van der Waals surface area contributed by atoms with Crippen LogP contribution in [0.1, 0.15) is 19.4 Å². The molecule has 1 aromatic carbocycles. The molecular formula is C17H23NO. The Balaban J connectivity index is 2.66. The van der Waals surface area contributed by atoms with E-state index in [0.29, 0.717) is 0 Å². The molecule has 0 amide bonds. The van der Waals surface area contributed by atoms with Gasteiger partial charge in [0.1, 0.15) is 0 Å². The summed E-state index contributed by atoms with van der Waals surface area (Å²) in [5, 5.41) is 0. The van der Waals surface area contributed by atoms with Crippen LogP contribution in [0.3, 0.4) is 0 Å². The van der Waals surface area contributed by atoms with Crippen molar-refractivity contribution in [1.29, 1.82) is 0 Å². The lowest BCUT2D eigenvalue weighted by molar-refractivity contribution is 0.293. The Morgan fingerprint density at radius 2 is 1.84 bits per heavy atom. The summed E-state index contributed by atoms with van der Waals surface area (Å²) in [6.07, 6.45) is 3.99. The van der Waals surface area contributed by atoms with Gasteiger partial charge in [-0.25, -0.2) is 0 Å². The van der Waals surface area contributed by atoms with E-state index in [0.717, 1.165) is 17.9 Å². The van der Waals surface area contributed by atoms with Crippen molar-refractivity contribution in [2.24, 2.45) is 0 Å². The lowest BCUT2D eigenvalue weighted by Crippen LogP contribution is -2.15. The molecule has 0 N–H and O–H groups in total. The molecule has 0 atom stereocenters. The number of allylic oxidation sites excluding steroid dienone is 5. The largest absolute Gasteiger partial charge is 0.501 e. The lowest BCUT2D eigenvalue weighted by atomic mass is 10.2. The molecule has 0 saturated heterocycles. The normalized spacial score (nSPS) is 12.2. The van der Waals surface area contributed by atoms with Crippen LogP contribution in [0.4, 0.5) is 0 Å². The minimum Gasteiger partial charge on any atom is -0.501 e. The fraction of sp³-hybridized carbons (Fsp3) is 0.294. The fourth-order valence-electron chi connectivity index (χ4n) is 1.72. The van der Waals surface area contributed by atoms with Gasteiger partial charge in [-0.3, -0.25) is 0 Å². The highest BCUT2D eigenvalue weighted by Crippen LogP contribution is 2.11. The van der Waals surface area contributed by atoms with Crippen molar-refractivity contribution in [3.05, 3.63) is 71.7 Å². The molecule has 2 nitrogen and oxygen atoms in total. The molecule has 19 heavy (non-hydrogen) atoms. The first-order valence-corrected chi connectivity index (χ1v) is 6.37. The van der Waals surface area contributed by atoms with Crippen LogP contribution >= 0.6 is 0 Å². The van der Waals surface area contributed by atoms with E-state index in [4.69, 9.17) is 4.74 Å². The summed E-state index contributed by atoms with van der Waals surface area (Å²) in [6.45, 7) is 8.91. The standard InChI is InChI=1S/C17H23NO/c1-14(12-16(3)19-5)11-15(2)18(4)13-17-9-7-6-8-10-17/h6-12H,1,13H2,2-5H3. The van der Waals surface area contributed by atoms with Gasteiger partial charge >= 0.3 is 0 Å². The molecule has 2 heteroatoms. The summed E-state index contributed by atoms with van der Waals surface area (Å²) in [5.74, 6) is 0.861. The Morgan fingerprint density at radius 3 is 2.42 bits per heavy atom. The minimum atomic E-state index is 0.861. The Morgan fingerprint density at radius 1 is 1.21 bits per heavy atom. The maximum atomic E-state index is 5.12. The van der Waals surface area contributed by atoms with Crippen molar-refractivity contribution in [2.45, 2.75) is 20.4 Å². The summed E-state index contributed by atoms with van der Waals surface area (Å²) in [5.41, 5.74) is 3.41. The Hall–Kier alpha value is -1.96. The van der Waals surface area contributed by atoms with Crippen LogP contribution < -0.4 is 0 Å². The van der Waals surface area contributed by atoms with Crippen molar-refractivity contribution < 1.29 is 4.74 Å². The van der Waals surface area contributed by atoms with E-state index in [-0.39, 0.29) is 0 Å². The zero-order chi connectivity index (χ0) is 14.3. The molecule has 1 aromatic rings. The van der Waals surface area contributed by atoms with Gasteiger partial charge in [0.15, 0.2) is 0 Å². The average Bonchev–Trinajstić information content (AvgIpc) is 2.39. The van der Waals surface area contributed by atoms with E-state index in [1.54, 1.807) is 7.11 Å². The van der Waals surface area contributed by atoms with E-state index in [9.17, 15) is 0 Å². The second-order valence-corrected chi connectivity index (χ2v) is 4.66. The monoisotopic (exact) mass is 257 g/mol. The molecule has 0 aliphatic heterocycles. The van der Waals surface area contributed by atoms with E-state index in [1.807, 2.05) is 19.1 Å². The predicted octanol–water partition coefficient (Wildman–Crippen LogP) is 4.13. The highest BCUT2D eigenvalue weighted by atomic mass is 16.5. The zero-order valence-electron chi connectivity index (χ0n) is 12.3. The quantitative estimate of drug-likeness (QED) is 0.561. The highest BCUT2D eigenvalue weighted by molar-refractivity contribution is 5.31. The van der Waals surface area contributed by atoms with Crippen LogP contribution in [0, 0.1) is 0 Å². The van der Waals surface area contributed by atoms with Crippen LogP contribution in [-0.4, -0.2) is 19.1 Å². The molecule has 0 aromatic heterocycles. The van der Waals surface area contributed by atoms with E-state index < -0.39 is 0 Å². The molecular weight excluding hydrogens is 234 g/mol. The van der Waals surface area contributed by atoms with Gasteiger partial charge in [-0.1, -0.05) is 36.9 Å². The van der Waals surface area contributed by atoms with Crippen molar-refractivity contribution >= 4 is 0 Å². The third-order valence-corrected chi connectivity index (χ3v) is 2.97. The first-order chi connectivity index (χ1) is 9.02. The van der Waals surface area contributed by atoms with Gasteiger partial charge in [0.25, 0.3) is 0 Å².